The minimum atomic E-state index is 0.353. The number of benzene rings is 2. The van der Waals surface area contributed by atoms with Gasteiger partial charge in [0.15, 0.2) is 0 Å². The number of nitrogens with one attached hydrogen (secondary N) is 1. The molecule has 0 aliphatic heterocycles. The average molecular weight is 267 g/mol. The topological polar surface area (TPSA) is 12.0 Å². The van der Waals surface area contributed by atoms with Crippen molar-refractivity contribution in [3.8, 4) is 0 Å². The van der Waals surface area contributed by atoms with Crippen molar-refractivity contribution in [3.05, 3.63) is 71.3 Å². The number of rotatable bonds is 5. The summed E-state index contributed by atoms with van der Waals surface area (Å²) < 4.78 is 0. The number of hydrogen-bond donors (Lipinski definition) is 1. The average Bonchev–Trinajstić information content (AvgIpc) is 2.48. The van der Waals surface area contributed by atoms with Crippen molar-refractivity contribution < 1.29 is 0 Å². The first-order valence-electron chi connectivity index (χ1n) is 7.48. The van der Waals surface area contributed by atoms with Crippen molar-refractivity contribution in [2.75, 3.05) is 0 Å². The lowest BCUT2D eigenvalue weighted by Crippen LogP contribution is -2.22. The standard InChI is InChI=1S/C19H25N/c1-14(2)17-10-12-19(13-11-17)16(4)20-15(3)18-8-6-5-7-9-18/h5-16,20H,1-4H3. The highest BCUT2D eigenvalue weighted by atomic mass is 14.9. The van der Waals surface area contributed by atoms with Crippen LogP contribution in [0.3, 0.4) is 0 Å². The van der Waals surface area contributed by atoms with E-state index in [2.05, 4.69) is 87.6 Å². The van der Waals surface area contributed by atoms with E-state index in [1.807, 2.05) is 0 Å². The van der Waals surface area contributed by atoms with Crippen molar-refractivity contribution >= 4 is 0 Å². The number of hydrogen-bond acceptors (Lipinski definition) is 1. The summed E-state index contributed by atoms with van der Waals surface area (Å²) in [6, 6.07) is 20.3. The van der Waals surface area contributed by atoms with Crippen molar-refractivity contribution in [2.24, 2.45) is 0 Å². The lowest BCUT2D eigenvalue weighted by atomic mass is 9.99. The lowest BCUT2D eigenvalue weighted by Gasteiger charge is -2.21. The van der Waals surface area contributed by atoms with E-state index >= 15 is 0 Å². The minimum Gasteiger partial charge on any atom is -0.304 e. The first-order valence-corrected chi connectivity index (χ1v) is 7.48. The van der Waals surface area contributed by atoms with Gasteiger partial charge in [-0.25, -0.2) is 0 Å². The molecule has 0 amide bonds. The molecule has 1 nitrogen and oxygen atoms in total. The molecule has 2 rings (SSSR count). The highest BCUT2D eigenvalue weighted by Crippen LogP contribution is 2.21. The smallest absolute Gasteiger partial charge is 0.0297 e. The van der Waals surface area contributed by atoms with Gasteiger partial charge in [0.25, 0.3) is 0 Å². The Kier molecular flexibility index (Phi) is 4.97. The molecule has 0 aromatic heterocycles. The van der Waals surface area contributed by atoms with Crippen molar-refractivity contribution in [1.29, 1.82) is 0 Å². The third kappa shape index (κ3) is 3.71. The molecule has 0 saturated heterocycles. The van der Waals surface area contributed by atoms with E-state index in [1.54, 1.807) is 0 Å². The van der Waals surface area contributed by atoms with E-state index in [-0.39, 0.29) is 0 Å². The van der Waals surface area contributed by atoms with Gasteiger partial charge in [0.2, 0.25) is 0 Å². The highest BCUT2D eigenvalue weighted by molar-refractivity contribution is 5.27. The van der Waals surface area contributed by atoms with Gasteiger partial charge in [0.05, 0.1) is 0 Å². The fourth-order valence-electron chi connectivity index (χ4n) is 2.48. The molecule has 0 aliphatic carbocycles. The van der Waals surface area contributed by atoms with E-state index in [0.29, 0.717) is 18.0 Å². The van der Waals surface area contributed by atoms with Crippen LogP contribution in [0, 0.1) is 0 Å². The summed E-state index contributed by atoms with van der Waals surface area (Å²) in [5.74, 6) is 0.593. The van der Waals surface area contributed by atoms with Crippen LogP contribution in [0.5, 0.6) is 0 Å². The molecule has 0 bridgehead atoms. The van der Waals surface area contributed by atoms with E-state index in [1.165, 1.54) is 16.7 Å². The minimum absolute atomic E-state index is 0.353. The van der Waals surface area contributed by atoms with E-state index < -0.39 is 0 Å². The van der Waals surface area contributed by atoms with Gasteiger partial charge in [-0.1, -0.05) is 68.4 Å². The van der Waals surface area contributed by atoms with E-state index in [9.17, 15) is 0 Å². The van der Waals surface area contributed by atoms with Gasteiger partial charge in [-0.3, -0.25) is 0 Å². The van der Waals surface area contributed by atoms with Crippen LogP contribution in [0.25, 0.3) is 0 Å². The Morgan fingerprint density at radius 2 is 1.05 bits per heavy atom. The summed E-state index contributed by atoms with van der Waals surface area (Å²) in [7, 11) is 0. The summed E-state index contributed by atoms with van der Waals surface area (Å²) in [6.45, 7) is 8.90. The molecule has 0 fully saturated rings. The lowest BCUT2D eigenvalue weighted by molar-refractivity contribution is 0.494. The molecule has 0 heterocycles. The Balaban J connectivity index is 2.02. The maximum absolute atomic E-state index is 3.66. The molecular formula is C19H25N. The van der Waals surface area contributed by atoms with Gasteiger partial charge in [0.1, 0.15) is 0 Å². The van der Waals surface area contributed by atoms with E-state index in [4.69, 9.17) is 0 Å². The monoisotopic (exact) mass is 267 g/mol. The van der Waals surface area contributed by atoms with Crippen LogP contribution < -0.4 is 5.32 Å². The summed E-state index contributed by atoms with van der Waals surface area (Å²) >= 11 is 0. The SMILES string of the molecule is CC(C)c1ccc(C(C)NC(C)c2ccccc2)cc1. The first-order chi connectivity index (χ1) is 9.58. The summed E-state index contributed by atoms with van der Waals surface area (Å²) in [5, 5.41) is 3.66. The van der Waals surface area contributed by atoms with Gasteiger partial charge in [-0.15, -0.1) is 0 Å². The second-order valence-electron chi connectivity index (χ2n) is 5.84. The summed E-state index contributed by atoms with van der Waals surface area (Å²) in [6.07, 6.45) is 0. The third-order valence-corrected chi connectivity index (χ3v) is 3.90. The van der Waals surface area contributed by atoms with Crippen LogP contribution in [0.1, 0.15) is 62.4 Å². The van der Waals surface area contributed by atoms with Gasteiger partial charge in [0, 0.05) is 12.1 Å². The van der Waals surface area contributed by atoms with E-state index in [0.717, 1.165) is 0 Å². The van der Waals surface area contributed by atoms with Crippen LogP contribution >= 0.6 is 0 Å². The van der Waals surface area contributed by atoms with Crippen molar-refractivity contribution in [3.63, 3.8) is 0 Å². The van der Waals surface area contributed by atoms with Gasteiger partial charge < -0.3 is 5.32 Å². The Labute approximate surface area is 123 Å². The zero-order valence-corrected chi connectivity index (χ0v) is 12.9. The fraction of sp³-hybridized carbons (Fsp3) is 0.368. The molecule has 1 N–H and O–H groups in total. The quantitative estimate of drug-likeness (QED) is 0.783. The van der Waals surface area contributed by atoms with Crippen molar-refractivity contribution in [2.45, 2.75) is 45.7 Å². The summed E-state index contributed by atoms with van der Waals surface area (Å²) in [5.41, 5.74) is 4.08. The molecule has 0 saturated carbocycles. The normalized spacial score (nSPS) is 14.2. The third-order valence-electron chi connectivity index (χ3n) is 3.90. The second-order valence-corrected chi connectivity index (χ2v) is 5.84. The Morgan fingerprint density at radius 3 is 1.55 bits per heavy atom. The van der Waals surface area contributed by atoms with Crippen LogP contribution in [-0.4, -0.2) is 0 Å². The molecule has 0 radical (unpaired) electrons. The van der Waals surface area contributed by atoms with Crippen LogP contribution in [0.2, 0.25) is 0 Å². The highest BCUT2D eigenvalue weighted by Gasteiger charge is 2.11. The predicted octanol–water partition coefficient (Wildman–Crippen LogP) is 5.22. The Hall–Kier alpha value is -1.60. The molecule has 2 unspecified atom stereocenters. The molecule has 106 valence electrons. The zero-order valence-electron chi connectivity index (χ0n) is 12.9. The van der Waals surface area contributed by atoms with Crippen LogP contribution in [-0.2, 0) is 0 Å². The first kappa shape index (κ1) is 14.8. The van der Waals surface area contributed by atoms with Crippen LogP contribution in [0.4, 0.5) is 0 Å². The zero-order chi connectivity index (χ0) is 14.5. The summed E-state index contributed by atoms with van der Waals surface area (Å²) in [4.78, 5) is 0. The Morgan fingerprint density at radius 1 is 0.600 bits per heavy atom. The molecule has 0 spiro atoms. The molecule has 2 atom stereocenters. The maximum Gasteiger partial charge on any atom is 0.0297 e. The molecule has 2 aromatic carbocycles. The van der Waals surface area contributed by atoms with Crippen LogP contribution in [0.15, 0.2) is 54.6 Å². The molecule has 2 aromatic rings. The molecule has 1 heteroatoms. The molecular weight excluding hydrogens is 242 g/mol. The predicted molar refractivity (Wildman–Crippen MR) is 86.9 cm³/mol. The Bertz CT molecular complexity index is 513. The maximum atomic E-state index is 3.66. The fourth-order valence-corrected chi connectivity index (χ4v) is 2.48. The molecule has 0 aliphatic rings. The van der Waals surface area contributed by atoms with Gasteiger partial charge in [-0.05, 0) is 36.5 Å². The van der Waals surface area contributed by atoms with Gasteiger partial charge in [-0.2, -0.15) is 0 Å². The second kappa shape index (κ2) is 6.71. The molecule has 20 heavy (non-hydrogen) atoms. The largest absolute Gasteiger partial charge is 0.304 e. The van der Waals surface area contributed by atoms with Crippen molar-refractivity contribution in [1.82, 2.24) is 5.32 Å². The van der Waals surface area contributed by atoms with Gasteiger partial charge >= 0.3 is 0 Å².